The van der Waals surface area contributed by atoms with Crippen LogP contribution < -0.4 is 4.74 Å². The fourth-order valence-corrected chi connectivity index (χ4v) is 6.94. The lowest BCUT2D eigenvalue weighted by Crippen LogP contribution is -2.44. The van der Waals surface area contributed by atoms with E-state index in [1.54, 1.807) is 12.7 Å². The SMILES string of the molecule is COc1ccc(COC[C@H]2[C@@H]3[C@H](O)C[C@@H](C4=CCCCCC4)C[C@]3(C)C[C@@H]2C)cc1. The fourth-order valence-electron chi connectivity index (χ4n) is 6.94. The van der Waals surface area contributed by atoms with Crippen LogP contribution in [0, 0.1) is 29.1 Å². The number of ether oxygens (including phenoxy) is 2. The van der Waals surface area contributed by atoms with Crippen LogP contribution in [0.3, 0.4) is 0 Å². The maximum atomic E-state index is 11.3. The third-order valence-electron chi connectivity index (χ3n) is 8.28. The largest absolute Gasteiger partial charge is 0.497 e. The molecular weight excluding hydrogens is 372 g/mol. The molecule has 4 rings (SSSR count). The number of benzene rings is 1. The molecule has 3 nitrogen and oxygen atoms in total. The molecule has 0 radical (unpaired) electrons. The molecule has 0 unspecified atom stereocenters. The number of hydrogen-bond acceptors (Lipinski definition) is 3. The fraction of sp³-hybridized carbons (Fsp3) is 0.704. The van der Waals surface area contributed by atoms with Crippen molar-refractivity contribution in [3.63, 3.8) is 0 Å². The van der Waals surface area contributed by atoms with E-state index < -0.39 is 0 Å². The van der Waals surface area contributed by atoms with E-state index in [1.807, 2.05) is 12.1 Å². The Hall–Kier alpha value is -1.32. The van der Waals surface area contributed by atoms with Crippen molar-refractivity contribution in [1.82, 2.24) is 0 Å². The number of hydrogen-bond donors (Lipinski definition) is 1. The van der Waals surface area contributed by atoms with E-state index in [1.165, 1.54) is 50.5 Å². The summed E-state index contributed by atoms with van der Waals surface area (Å²) in [6.07, 6.45) is 12.3. The third-order valence-corrected chi connectivity index (χ3v) is 8.28. The second kappa shape index (κ2) is 9.44. The number of aliphatic hydroxyl groups excluding tert-OH is 1. The van der Waals surface area contributed by atoms with Crippen molar-refractivity contribution in [3.05, 3.63) is 41.5 Å². The molecule has 0 saturated heterocycles. The Bertz CT molecular complexity index is 724. The molecule has 30 heavy (non-hydrogen) atoms. The highest BCUT2D eigenvalue weighted by Gasteiger charge is 2.55. The Balaban J connectivity index is 1.38. The summed E-state index contributed by atoms with van der Waals surface area (Å²) in [6, 6.07) is 8.12. The highest BCUT2D eigenvalue weighted by Crippen LogP contribution is 2.59. The first-order valence-corrected chi connectivity index (χ1v) is 12.1. The van der Waals surface area contributed by atoms with E-state index in [0.717, 1.165) is 18.8 Å². The van der Waals surface area contributed by atoms with E-state index in [0.29, 0.717) is 30.3 Å². The van der Waals surface area contributed by atoms with E-state index in [4.69, 9.17) is 9.47 Å². The molecule has 1 aromatic carbocycles. The van der Waals surface area contributed by atoms with E-state index in [-0.39, 0.29) is 11.5 Å². The quantitative estimate of drug-likeness (QED) is 0.569. The molecule has 0 heterocycles. The molecule has 1 aromatic rings. The topological polar surface area (TPSA) is 38.7 Å². The van der Waals surface area contributed by atoms with Gasteiger partial charge in [0.15, 0.2) is 0 Å². The monoisotopic (exact) mass is 412 g/mol. The average Bonchev–Trinajstić information content (AvgIpc) is 2.90. The smallest absolute Gasteiger partial charge is 0.118 e. The van der Waals surface area contributed by atoms with Crippen LogP contribution in [0.1, 0.15) is 70.8 Å². The van der Waals surface area contributed by atoms with Crippen LogP contribution in [0.4, 0.5) is 0 Å². The molecular formula is C27H40O3. The number of rotatable bonds is 6. The standard InChI is InChI=1S/C27H40O3/c1-19-15-27(2)16-22(21-8-6-4-5-7-9-21)14-25(28)26(27)24(19)18-30-17-20-10-12-23(29-3)13-11-20/h8,10-13,19,22,24-26,28H,4-7,9,14-18H2,1-3H3/t19-,22+,24+,25+,26+,27-/m0/s1. The first-order chi connectivity index (χ1) is 14.5. The van der Waals surface area contributed by atoms with Crippen molar-refractivity contribution in [1.29, 1.82) is 0 Å². The van der Waals surface area contributed by atoms with Gasteiger partial charge in [-0.3, -0.25) is 0 Å². The van der Waals surface area contributed by atoms with Gasteiger partial charge in [0, 0.05) is 0 Å². The molecule has 0 bridgehead atoms. The molecule has 3 heteroatoms. The summed E-state index contributed by atoms with van der Waals surface area (Å²) in [5.41, 5.74) is 3.06. The van der Waals surface area contributed by atoms with E-state index >= 15 is 0 Å². The minimum Gasteiger partial charge on any atom is -0.497 e. The van der Waals surface area contributed by atoms with Gasteiger partial charge in [-0.1, -0.05) is 44.1 Å². The average molecular weight is 413 g/mol. The molecule has 1 N–H and O–H groups in total. The van der Waals surface area contributed by atoms with Crippen LogP contribution in [0.5, 0.6) is 5.75 Å². The summed E-state index contributed by atoms with van der Waals surface area (Å²) >= 11 is 0. The Labute approximate surface area is 182 Å². The second-order valence-corrected chi connectivity index (χ2v) is 10.5. The van der Waals surface area contributed by atoms with Gasteiger partial charge < -0.3 is 14.6 Å². The van der Waals surface area contributed by atoms with Gasteiger partial charge >= 0.3 is 0 Å². The van der Waals surface area contributed by atoms with Gasteiger partial charge in [-0.05, 0) is 91.7 Å². The predicted molar refractivity (Wildman–Crippen MR) is 121 cm³/mol. The summed E-state index contributed by atoms with van der Waals surface area (Å²) in [5, 5.41) is 11.3. The molecule has 3 aliphatic carbocycles. The van der Waals surface area contributed by atoms with Gasteiger partial charge in [-0.25, -0.2) is 0 Å². The highest BCUT2D eigenvalue weighted by molar-refractivity contribution is 5.26. The van der Waals surface area contributed by atoms with Crippen molar-refractivity contribution < 1.29 is 14.6 Å². The molecule has 6 atom stereocenters. The third kappa shape index (κ3) is 4.62. The van der Waals surface area contributed by atoms with Gasteiger partial charge in [0.2, 0.25) is 0 Å². The van der Waals surface area contributed by atoms with Crippen molar-refractivity contribution >= 4 is 0 Å². The molecule has 3 aliphatic rings. The van der Waals surface area contributed by atoms with E-state index in [9.17, 15) is 5.11 Å². The Morgan fingerprint density at radius 2 is 1.90 bits per heavy atom. The lowest BCUT2D eigenvalue weighted by Gasteiger charge is -2.46. The Kier molecular flexibility index (Phi) is 6.89. The number of fused-ring (bicyclic) bond motifs is 1. The van der Waals surface area contributed by atoms with Crippen LogP contribution in [-0.4, -0.2) is 24.9 Å². The van der Waals surface area contributed by atoms with Gasteiger partial charge in [-0.15, -0.1) is 0 Å². The highest BCUT2D eigenvalue weighted by atomic mass is 16.5. The second-order valence-electron chi connectivity index (χ2n) is 10.5. The minimum absolute atomic E-state index is 0.197. The first-order valence-electron chi connectivity index (χ1n) is 12.1. The summed E-state index contributed by atoms with van der Waals surface area (Å²) < 4.78 is 11.4. The summed E-state index contributed by atoms with van der Waals surface area (Å²) in [5.74, 6) is 2.89. The summed E-state index contributed by atoms with van der Waals surface area (Å²) in [6.45, 7) is 6.20. The maximum absolute atomic E-state index is 11.3. The number of allylic oxidation sites excluding steroid dienone is 2. The van der Waals surface area contributed by atoms with Gasteiger partial charge in [0.05, 0.1) is 26.4 Å². The zero-order valence-corrected chi connectivity index (χ0v) is 19.1. The molecule has 0 aromatic heterocycles. The molecule has 166 valence electrons. The maximum Gasteiger partial charge on any atom is 0.118 e. The zero-order valence-electron chi connectivity index (χ0n) is 19.1. The Morgan fingerprint density at radius 3 is 2.67 bits per heavy atom. The van der Waals surface area contributed by atoms with Gasteiger partial charge in [-0.2, -0.15) is 0 Å². The van der Waals surface area contributed by atoms with Crippen molar-refractivity contribution in [2.45, 2.75) is 77.9 Å². The minimum atomic E-state index is -0.197. The molecule has 0 spiro atoms. The molecule has 2 fully saturated rings. The molecule has 0 amide bonds. The van der Waals surface area contributed by atoms with Crippen molar-refractivity contribution in [3.8, 4) is 5.75 Å². The van der Waals surface area contributed by atoms with Gasteiger partial charge in [0.1, 0.15) is 5.75 Å². The Morgan fingerprint density at radius 1 is 1.10 bits per heavy atom. The first kappa shape index (κ1) is 21.9. The van der Waals surface area contributed by atoms with Crippen LogP contribution >= 0.6 is 0 Å². The molecule has 2 saturated carbocycles. The van der Waals surface area contributed by atoms with Crippen molar-refractivity contribution in [2.75, 3.05) is 13.7 Å². The normalized spacial score (nSPS) is 36.7. The van der Waals surface area contributed by atoms with Crippen molar-refractivity contribution in [2.24, 2.45) is 29.1 Å². The lowest BCUT2D eigenvalue weighted by molar-refractivity contribution is -0.0553. The lowest BCUT2D eigenvalue weighted by atomic mass is 9.61. The summed E-state index contributed by atoms with van der Waals surface area (Å²) in [4.78, 5) is 0. The van der Waals surface area contributed by atoms with E-state index in [2.05, 4.69) is 32.1 Å². The molecule has 0 aliphatic heterocycles. The van der Waals surface area contributed by atoms with Crippen LogP contribution in [0.2, 0.25) is 0 Å². The number of methoxy groups -OCH3 is 1. The zero-order chi connectivity index (χ0) is 21.1. The van der Waals surface area contributed by atoms with Crippen LogP contribution in [0.25, 0.3) is 0 Å². The predicted octanol–water partition coefficient (Wildman–Crippen LogP) is 6.15. The van der Waals surface area contributed by atoms with Crippen LogP contribution in [0.15, 0.2) is 35.9 Å². The number of aliphatic hydroxyl groups is 1. The van der Waals surface area contributed by atoms with Gasteiger partial charge in [0.25, 0.3) is 0 Å². The summed E-state index contributed by atoms with van der Waals surface area (Å²) in [7, 11) is 1.69. The van der Waals surface area contributed by atoms with Crippen LogP contribution in [-0.2, 0) is 11.3 Å².